The van der Waals surface area contributed by atoms with Crippen LogP contribution in [0.15, 0.2) is 53.4 Å². The molecule has 9 heteroatoms. The van der Waals surface area contributed by atoms with E-state index in [-0.39, 0.29) is 29.3 Å². The maximum atomic E-state index is 12.5. The summed E-state index contributed by atoms with van der Waals surface area (Å²) in [6.45, 7) is 0.206. The zero-order valence-corrected chi connectivity index (χ0v) is 15.3. The molecule has 1 heterocycles. The van der Waals surface area contributed by atoms with Gasteiger partial charge < -0.3 is 14.7 Å². The van der Waals surface area contributed by atoms with Crippen LogP contribution < -0.4 is 14.4 Å². The molecule has 1 aliphatic rings. The molecule has 0 radical (unpaired) electrons. The van der Waals surface area contributed by atoms with Gasteiger partial charge >= 0.3 is 5.97 Å². The van der Waals surface area contributed by atoms with Crippen molar-refractivity contribution in [1.82, 2.24) is 4.72 Å². The van der Waals surface area contributed by atoms with E-state index in [1.54, 1.807) is 31.4 Å². The molecule has 1 fully saturated rings. The largest absolute Gasteiger partial charge is 0.497 e. The molecule has 8 nitrogen and oxygen atoms in total. The molecule has 0 saturated carbocycles. The molecule has 2 N–H and O–H groups in total. The van der Waals surface area contributed by atoms with Gasteiger partial charge in [-0.25, -0.2) is 17.9 Å². The van der Waals surface area contributed by atoms with Crippen molar-refractivity contribution in [3.05, 3.63) is 54.1 Å². The first-order chi connectivity index (χ1) is 12.8. The van der Waals surface area contributed by atoms with E-state index in [4.69, 9.17) is 9.84 Å². The number of methoxy groups -OCH3 is 1. The molecule has 0 bridgehead atoms. The summed E-state index contributed by atoms with van der Waals surface area (Å²) >= 11 is 0. The highest BCUT2D eigenvalue weighted by Crippen LogP contribution is 2.25. The summed E-state index contributed by atoms with van der Waals surface area (Å²) in [5.74, 6) is -0.662. The van der Waals surface area contributed by atoms with Crippen LogP contribution in [0.25, 0.3) is 0 Å². The summed E-state index contributed by atoms with van der Waals surface area (Å²) < 4.78 is 32.6. The summed E-state index contributed by atoms with van der Waals surface area (Å²) in [4.78, 5) is 24.6. The second-order valence-electron chi connectivity index (χ2n) is 6.05. The first-order valence-electron chi connectivity index (χ1n) is 8.10. The number of nitrogens with one attached hydrogen (secondary N) is 1. The van der Waals surface area contributed by atoms with Crippen LogP contribution >= 0.6 is 0 Å². The topological polar surface area (TPSA) is 113 Å². The normalized spacial score (nSPS) is 17.1. The van der Waals surface area contributed by atoms with E-state index in [2.05, 4.69) is 4.72 Å². The van der Waals surface area contributed by atoms with Crippen molar-refractivity contribution in [2.45, 2.75) is 17.4 Å². The van der Waals surface area contributed by atoms with Crippen LogP contribution in [-0.2, 0) is 14.8 Å². The maximum absolute atomic E-state index is 12.5. The van der Waals surface area contributed by atoms with Crippen molar-refractivity contribution < 1.29 is 27.9 Å². The van der Waals surface area contributed by atoms with Crippen molar-refractivity contribution in [1.29, 1.82) is 0 Å². The molecule has 0 aromatic heterocycles. The predicted molar refractivity (Wildman–Crippen MR) is 97.5 cm³/mol. The third-order valence-corrected chi connectivity index (χ3v) is 5.78. The monoisotopic (exact) mass is 390 g/mol. The number of benzene rings is 2. The molecular formula is C18H18N2O6S. The Morgan fingerprint density at radius 2 is 1.78 bits per heavy atom. The average molecular weight is 390 g/mol. The number of hydrogen-bond donors (Lipinski definition) is 2. The van der Waals surface area contributed by atoms with E-state index in [1.807, 2.05) is 0 Å². The molecule has 1 aliphatic heterocycles. The lowest BCUT2D eigenvalue weighted by molar-refractivity contribution is -0.117. The van der Waals surface area contributed by atoms with E-state index in [0.717, 1.165) is 0 Å². The van der Waals surface area contributed by atoms with Crippen LogP contribution in [0.4, 0.5) is 5.69 Å². The first kappa shape index (κ1) is 18.9. The Kier molecular flexibility index (Phi) is 5.15. The number of carboxylic acids is 1. The van der Waals surface area contributed by atoms with E-state index in [1.165, 1.54) is 29.2 Å². The van der Waals surface area contributed by atoms with E-state index in [0.29, 0.717) is 11.4 Å². The van der Waals surface area contributed by atoms with Crippen LogP contribution in [0, 0.1) is 0 Å². The summed E-state index contributed by atoms with van der Waals surface area (Å²) in [6.07, 6.45) is 0.0401. The number of carboxylic acid groups (broad SMARTS) is 1. The Hall–Kier alpha value is -2.91. The number of aromatic carboxylic acids is 1. The van der Waals surface area contributed by atoms with Crippen LogP contribution in [0.5, 0.6) is 5.75 Å². The van der Waals surface area contributed by atoms with Crippen molar-refractivity contribution in [2.75, 3.05) is 18.6 Å². The molecule has 1 amide bonds. The Labute approximate surface area is 156 Å². The van der Waals surface area contributed by atoms with Gasteiger partial charge in [0.1, 0.15) is 5.75 Å². The third-order valence-electron chi connectivity index (χ3n) is 4.24. The SMILES string of the molecule is COc1ccc(N2C[C@@H](NS(=O)(=O)c3ccc(C(=O)O)cc3)CC2=O)cc1. The van der Waals surface area contributed by atoms with Gasteiger partial charge in [0.15, 0.2) is 0 Å². The smallest absolute Gasteiger partial charge is 0.335 e. The fraction of sp³-hybridized carbons (Fsp3) is 0.222. The van der Waals surface area contributed by atoms with Gasteiger partial charge in [-0.3, -0.25) is 4.79 Å². The third kappa shape index (κ3) is 4.09. The highest BCUT2D eigenvalue weighted by molar-refractivity contribution is 7.89. The number of anilines is 1. The minimum atomic E-state index is -3.87. The molecule has 1 saturated heterocycles. The molecule has 2 aromatic carbocycles. The molecule has 142 valence electrons. The molecular weight excluding hydrogens is 372 g/mol. The number of ether oxygens (including phenoxy) is 1. The van der Waals surface area contributed by atoms with Gasteiger partial charge in [0.2, 0.25) is 15.9 Å². The lowest BCUT2D eigenvalue weighted by Gasteiger charge is -2.17. The van der Waals surface area contributed by atoms with Gasteiger partial charge in [-0.05, 0) is 48.5 Å². The molecule has 0 unspecified atom stereocenters. The molecule has 3 rings (SSSR count). The summed E-state index contributed by atoms with van der Waals surface area (Å²) in [5, 5.41) is 8.89. The second kappa shape index (κ2) is 7.37. The maximum Gasteiger partial charge on any atom is 0.335 e. The lowest BCUT2D eigenvalue weighted by atomic mass is 10.2. The molecule has 0 aliphatic carbocycles. The first-order valence-corrected chi connectivity index (χ1v) is 9.58. The number of nitrogens with zero attached hydrogens (tertiary/aromatic N) is 1. The summed E-state index contributed by atoms with van der Waals surface area (Å²) in [6, 6.07) is 11.2. The van der Waals surface area contributed by atoms with Crippen molar-refractivity contribution in [2.24, 2.45) is 0 Å². The molecule has 0 spiro atoms. The Balaban J connectivity index is 1.72. The van der Waals surface area contributed by atoms with Gasteiger partial charge in [-0.1, -0.05) is 0 Å². The van der Waals surface area contributed by atoms with E-state index >= 15 is 0 Å². The minimum Gasteiger partial charge on any atom is -0.497 e. The van der Waals surface area contributed by atoms with Gasteiger partial charge in [-0.15, -0.1) is 0 Å². The average Bonchev–Trinajstić information content (AvgIpc) is 3.01. The summed E-state index contributed by atoms with van der Waals surface area (Å²) in [5.41, 5.74) is 0.656. The van der Waals surface area contributed by atoms with E-state index < -0.39 is 22.0 Å². The second-order valence-corrected chi connectivity index (χ2v) is 7.77. The van der Waals surface area contributed by atoms with Gasteiger partial charge in [0, 0.05) is 24.7 Å². The van der Waals surface area contributed by atoms with Crippen molar-refractivity contribution in [3.63, 3.8) is 0 Å². The zero-order valence-electron chi connectivity index (χ0n) is 14.5. The van der Waals surface area contributed by atoms with Crippen molar-refractivity contribution in [3.8, 4) is 5.75 Å². The highest BCUT2D eigenvalue weighted by Gasteiger charge is 2.33. The fourth-order valence-corrected chi connectivity index (χ4v) is 4.09. The fourth-order valence-electron chi connectivity index (χ4n) is 2.86. The number of rotatable bonds is 6. The van der Waals surface area contributed by atoms with Gasteiger partial charge in [0.25, 0.3) is 0 Å². The standard InChI is InChI=1S/C18H18N2O6S/c1-26-15-6-4-14(5-7-15)20-11-13(10-17(20)21)19-27(24,25)16-8-2-12(3-9-16)18(22)23/h2-9,13,19H,10-11H2,1H3,(H,22,23)/t13-/m0/s1. The lowest BCUT2D eigenvalue weighted by Crippen LogP contribution is -2.37. The summed E-state index contributed by atoms with van der Waals surface area (Å²) in [7, 11) is -2.32. The van der Waals surface area contributed by atoms with Crippen LogP contribution in [0.2, 0.25) is 0 Å². The molecule has 2 aromatic rings. The Morgan fingerprint density at radius 1 is 1.15 bits per heavy atom. The molecule has 27 heavy (non-hydrogen) atoms. The quantitative estimate of drug-likeness (QED) is 0.772. The zero-order chi connectivity index (χ0) is 19.6. The number of sulfonamides is 1. The van der Waals surface area contributed by atoms with Crippen LogP contribution in [-0.4, -0.2) is 45.1 Å². The Morgan fingerprint density at radius 3 is 2.33 bits per heavy atom. The highest BCUT2D eigenvalue weighted by atomic mass is 32.2. The van der Waals surface area contributed by atoms with Gasteiger partial charge in [-0.2, -0.15) is 0 Å². The number of carbonyl (C=O) groups excluding carboxylic acids is 1. The predicted octanol–water partition coefficient (Wildman–Crippen LogP) is 1.48. The number of carbonyl (C=O) groups is 2. The molecule has 1 atom stereocenters. The Bertz CT molecular complexity index is 954. The van der Waals surface area contributed by atoms with Crippen LogP contribution in [0.3, 0.4) is 0 Å². The van der Waals surface area contributed by atoms with E-state index in [9.17, 15) is 18.0 Å². The van der Waals surface area contributed by atoms with Crippen molar-refractivity contribution >= 4 is 27.6 Å². The van der Waals surface area contributed by atoms with Gasteiger partial charge in [0.05, 0.1) is 17.6 Å². The van der Waals surface area contributed by atoms with Crippen LogP contribution in [0.1, 0.15) is 16.8 Å². The number of hydrogen-bond acceptors (Lipinski definition) is 5. The minimum absolute atomic E-state index is 0.00400. The number of amides is 1.